The molecule has 19 heavy (non-hydrogen) atoms. The maximum absolute atomic E-state index is 12.1. The Labute approximate surface area is 110 Å². The highest BCUT2D eigenvalue weighted by Crippen LogP contribution is 2.21. The number of ether oxygens (including phenoxy) is 1. The second-order valence-electron chi connectivity index (χ2n) is 4.19. The van der Waals surface area contributed by atoms with Crippen LogP contribution in [0.1, 0.15) is 18.9 Å². The minimum absolute atomic E-state index is 0.308. The van der Waals surface area contributed by atoms with Crippen LogP contribution in [0.4, 0.5) is 13.2 Å². The SMILES string of the molecule is CCCNCc1ccc(OCC(O)C(F)(F)F)cc1. The van der Waals surface area contributed by atoms with Gasteiger partial charge in [0.05, 0.1) is 0 Å². The first-order valence-electron chi connectivity index (χ1n) is 6.10. The summed E-state index contributed by atoms with van der Waals surface area (Å²) in [7, 11) is 0. The smallest absolute Gasteiger partial charge is 0.417 e. The van der Waals surface area contributed by atoms with Gasteiger partial charge in [0.2, 0.25) is 0 Å². The summed E-state index contributed by atoms with van der Waals surface area (Å²) in [5.74, 6) is 0.308. The Kier molecular flexibility index (Phi) is 6.11. The van der Waals surface area contributed by atoms with Crippen molar-refractivity contribution in [2.45, 2.75) is 32.2 Å². The van der Waals surface area contributed by atoms with Crippen molar-refractivity contribution in [2.24, 2.45) is 0 Å². The molecule has 6 heteroatoms. The fourth-order valence-corrected chi connectivity index (χ4v) is 1.38. The van der Waals surface area contributed by atoms with E-state index < -0.39 is 18.9 Å². The Bertz CT molecular complexity index is 365. The van der Waals surface area contributed by atoms with Crippen LogP contribution in [0, 0.1) is 0 Å². The Morgan fingerprint density at radius 3 is 2.42 bits per heavy atom. The molecule has 0 heterocycles. The summed E-state index contributed by atoms with van der Waals surface area (Å²) in [4.78, 5) is 0. The highest BCUT2D eigenvalue weighted by molar-refractivity contribution is 5.27. The standard InChI is InChI=1S/C13H18F3NO2/c1-2-7-17-8-10-3-5-11(6-4-10)19-9-12(18)13(14,15)16/h3-6,12,17-18H,2,7-9H2,1H3. The third-order valence-electron chi connectivity index (χ3n) is 2.46. The van der Waals surface area contributed by atoms with Gasteiger partial charge in [-0.25, -0.2) is 0 Å². The fraction of sp³-hybridized carbons (Fsp3) is 0.538. The summed E-state index contributed by atoms with van der Waals surface area (Å²) in [6, 6.07) is 6.73. The predicted molar refractivity (Wildman–Crippen MR) is 66.0 cm³/mol. The molecule has 108 valence electrons. The summed E-state index contributed by atoms with van der Waals surface area (Å²) < 4.78 is 41.0. The lowest BCUT2D eigenvalue weighted by Gasteiger charge is -2.15. The van der Waals surface area contributed by atoms with Crippen LogP contribution in [0.5, 0.6) is 5.75 Å². The van der Waals surface area contributed by atoms with Gasteiger partial charge in [0.1, 0.15) is 12.4 Å². The molecule has 1 atom stereocenters. The molecule has 1 aromatic rings. The van der Waals surface area contributed by atoms with E-state index in [4.69, 9.17) is 9.84 Å². The molecule has 0 bridgehead atoms. The summed E-state index contributed by atoms with van der Waals surface area (Å²) in [5.41, 5.74) is 1.03. The Hall–Kier alpha value is -1.27. The molecule has 1 aromatic carbocycles. The molecule has 0 amide bonds. The first-order chi connectivity index (χ1) is 8.93. The van der Waals surface area contributed by atoms with Crippen molar-refractivity contribution in [1.29, 1.82) is 0 Å². The van der Waals surface area contributed by atoms with Crippen molar-refractivity contribution in [3.05, 3.63) is 29.8 Å². The van der Waals surface area contributed by atoms with Crippen LogP contribution >= 0.6 is 0 Å². The topological polar surface area (TPSA) is 41.5 Å². The Balaban J connectivity index is 2.40. The molecule has 0 aromatic heterocycles. The van der Waals surface area contributed by atoms with Crippen molar-refractivity contribution in [1.82, 2.24) is 5.32 Å². The molecule has 0 fully saturated rings. The Morgan fingerprint density at radius 2 is 1.89 bits per heavy atom. The molecule has 0 aliphatic rings. The van der Waals surface area contributed by atoms with Gasteiger partial charge in [0.15, 0.2) is 6.10 Å². The lowest BCUT2D eigenvalue weighted by Crippen LogP contribution is -2.34. The van der Waals surface area contributed by atoms with Gasteiger partial charge in [-0.05, 0) is 30.7 Å². The van der Waals surface area contributed by atoms with Crippen LogP contribution in [0.25, 0.3) is 0 Å². The average Bonchev–Trinajstić information content (AvgIpc) is 2.36. The monoisotopic (exact) mass is 277 g/mol. The number of alkyl halides is 3. The average molecular weight is 277 g/mol. The molecule has 0 saturated carbocycles. The van der Waals surface area contributed by atoms with E-state index in [1.165, 1.54) is 0 Å². The van der Waals surface area contributed by atoms with Crippen molar-refractivity contribution in [3.63, 3.8) is 0 Å². The molecule has 0 saturated heterocycles. The van der Waals surface area contributed by atoms with E-state index in [0.29, 0.717) is 12.3 Å². The van der Waals surface area contributed by atoms with Gasteiger partial charge in [-0.2, -0.15) is 13.2 Å². The summed E-state index contributed by atoms with van der Waals surface area (Å²) >= 11 is 0. The number of aliphatic hydroxyl groups excluding tert-OH is 1. The number of hydrogen-bond donors (Lipinski definition) is 2. The largest absolute Gasteiger partial charge is 0.491 e. The molecule has 0 aliphatic carbocycles. The van der Waals surface area contributed by atoms with E-state index in [0.717, 1.165) is 18.5 Å². The number of benzene rings is 1. The highest BCUT2D eigenvalue weighted by atomic mass is 19.4. The van der Waals surface area contributed by atoms with Gasteiger partial charge in [-0.1, -0.05) is 19.1 Å². The van der Waals surface area contributed by atoms with E-state index >= 15 is 0 Å². The van der Waals surface area contributed by atoms with Crippen LogP contribution in [0.15, 0.2) is 24.3 Å². The normalized spacial score (nSPS) is 13.3. The number of rotatable bonds is 7. The summed E-state index contributed by atoms with van der Waals surface area (Å²) in [5, 5.41) is 12.0. The molecule has 3 nitrogen and oxygen atoms in total. The minimum atomic E-state index is -4.65. The second-order valence-corrected chi connectivity index (χ2v) is 4.19. The highest BCUT2D eigenvalue weighted by Gasteiger charge is 2.38. The van der Waals surface area contributed by atoms with Crippen molar-refractivity contribution >= 4 is 0 Å². The van der Waals surface area contributed by atoms with E-state index in [1.54, 1.807) is 24.3 Å². The Morgan fingerprint density at radius 1 is 1.26 bits per heavy atom. The minimum Gasteiger partial charge on any atom is -0.491 e. The van der Waals surface area contributed by atoms with Crippen LogP contribution in [-0.2, 0) is 6.54 Å². The zero-order valence-electron chi connectivity index (χ0n) is 10.7. The maximum atomic E-state index is 12.1. The molecule has 2 N–H and O–H groups in total. The molecular weight excluding hydrogens is 259 g/mol. The third-order valence-corrected chi connectivity index (χ3v) is 2.46. The summed E-state index contributed by atoms with van der Waals surface area (Å²) in [6.45, 7) is 2.89. The van der Waals surface area contributed by atoms with Crippen molar-refractivity contribution in [3.8, 4) is 5.75 Å². The molecule has 0 spiro atoms. The molecular formula is C13H18F3NO2. The fourth-order valence-electron chi connectivity index (χ4n) is 1.38. The van der Waals surface area contributed by atoms with Crippen molar-refractivity contribution in [2.75, 3.05) is 13.2 Å². The van der Waals surface area contributed by atoms with Crippen LogP contribution < -0.4 is 10.1 Å². The van der Waals surface area contributed by atoms with E-state index in [9.17, 15) is 13.2 Å². The van der Waals surface area contributed by atoms with Gasteiger partial charge in [-0.15, -0.1) is 0 Å². The number of halogens is 3. The number of nitrogens with one attached hydrogen (secondary N) is 1. The van der Waals surface area contributed by atoms with Gasteiger partial charge in [0, 0.05) is 6.54 Å². The van der Waals surface area contributed by atoms with E-state index in [1.807, 2.05) is 0 Å². The second kappa shape index (κ2) is 7.35. The molecule has 0 aliphatic heterocycles. The van der Waals surface area contributed by atoms with Crippen LogP contribution in [-0.4, -0.2) is 30.5 Å². The van der Waals surface area contributed by atoms with Gasteiger partial charge in [0.25, 0.3) is 0 Å². The van der Waals surface area contributed by atoms with E-state index in [-0.39, 0.29) is 0 Å². The lowest BCUT2D eigenvalue weighted by molar-refractivity contribution is -0.210. The van der Waals surface area contributed by atoms with E-state index in [2.05, 4.69) is 12.2 Å². The lowest BCUT2D eigenvalue weighted by atomic mass is 10.2. The zero-order valence-corrected chi connectivity index (χ0v) is 10.7. The predicted octanol–water partition coefficient (Wildman–Crippen LogP) is 2.49. The van der Waals surface area contributed by atoms with Gasteiger partial charge < -0.3 is 15.2 Å². The maximum Gasteiger partial charge on any atom is 0.417 e. The van der Waals surface area contributed by atoms with Gasteiger partial charge >= 0.3 is 6.18 Å². The zero-order chi connectivity index (χ0) is 14.3. The third kappa shape index (κ3) is 5.94. The summed E-state index contributed by atoms with van der Waals surface area (Å²) in [6.07, 6.45) is -6.07. The number of hydrogen-bond acceptors (Lipinski definition) is 3. The molecule has 1 rings (SSSR count). The molecule has 0 radical (unpaired) electrons. The first kappa shape index (κ1) is 15.8. The van der Waals surface area contributed by atoms with Crippen LogP contribution in [0.2, 0.25) is 0 Å². The number of aliphatic hydroxyl groups is 1. The van der Waals surface area contributed by atoms with Crippen LogP contribution in [0.3, 0.4) is 0 Å². The molecule has 1 unspecified atom stereocenters. The van der Waals surface area contributed by atoms with Gasteiger partial charge in [-0.3, -0.25) is 0 Å². The first-order valence-corrected chi connectivity index (χ1v) is 6.10. The quantitative estimate of drug-likeness (QED) is 0.752. The van der Waals surface area contributed by atoms with Crippen molar-refractivity contribution < 1.29 is 23.0 Å².